The summed E-state index contributed by atoms with van der Waals surface area (Å²) >= 11 is 5.92. The normalized spacial score (nSPS) is 18.1. The monoisotopic (exact) mass is 407 g/mol. The van der Waals surface area contributed by atoms with Crippen LogP contribution in [0.15, 0.2) is 18.2 Å². The molecule has 1 fully saturated rings. The maximum atomic E-state index is 13.0. The molecule has 0 radical (unpaired) electrons. The molecule has 1 heterocycles. The van der Waals surface area contributed by atoms with E-state index in [1.165, 1.54) is 12.1 Å². The number of aliphatic carboxylic acids is 1. The highest BCUT2D eigenvalue weighted by Gasteiger charge is 2.22. The predicted molar refractivity (Wildman–Crippen MR) is 102 cm³/mol. The number of benzene rings is 1. The molecule has 1 unspecified atom stereocenters. The standard InChI is InChI=1S/C17H23ClFN3O3.ClH/c1-21(11-17(24)25)13-3-2-7-22(8-6-13)10-16(23)20-15-5-4-12(19)9-14(15)18;/h4-5,9,13H,2-3,6-8,10-11H2,1H3,(H,20,23)(H,24,25);1H. The van der Waals surface area contributed by atoms with Gasteiger partial charge in [-0.25, -0.2) is 4.39 Å². The first kappa shape index (κ1) is 22.6. The van der Waals surface area contributed by atoms with E-state index in [2.05, 4.69) is 5.32 Å². The fourth-order valence-electron chi connectivity index (χ4n) is 3.06. The lowest BCUT2D eigenvalue weighted by Crippen LogP contribution is -2.37. The molecule has 146 valence electrons. The first-order valence-corrected chi connectivity index (χ1v) is 8.62. The number of carbonyl (C=O) groups excluding carboxylic acids is 1. The highest BCUT2D eigenvalue weighted by molar-refractivity contribution is 6.33. The number of nitrogens with zero attached hydrogens (tertiary/aromatic N) is 2. The van der Waals surface area contributed by atoms with E-state index < -0.39 is 11.8 Å². The molecule has 2 rings (SSSR count). The van der Waals surface area contributed by atoms with Gasteiger partial charge in [0.2, 0.25) is 5.91 Å². The number of likely N-dealkylation sites (tertiary alicyclic amines) is 1. The van der Waals surface area contributed by atoms with Crippen molar-refractivity contribution in [3.8, 4) is 0 Å². The summed E-state index contributed by atoms with van der Waals surface area (Å²) < 4.78 is 13.0. The van der Waals surface area contributed by atoms with Crippen molar-refractivity contribution in [2.45, 2.75) is 25.3 Å². The van der Waals surface area contributed by atoms with Crippen molar-refractivity contribution in [1.82, 2.24) is 9.80 Å². The molecular weight excluding hydrogens is 384 g/mol. The van der Waals surface area contributed by atoms with Gasteiger partial charge >= 0.3 is 5.97 Å². The van der Waals surface area contributed by atoms with Crippen molar-refractivity contribution in [2.24, 2.45) is 0 Å². The minimum absolute atomic E-state index is 0. The van der Waals surface area contributed by atoms with E-state index in [1.807, 2.05) is 16.8 Å². The molecule has 1 amide bonds. The summed E-state index contributed by atoms with van der Waals surface area (Å²) in [6, 6.07) is 4.05. The van der Waals surface area contributed by atoms with Gasteiger partial charge in [-0.05, 0) is 51.1 Å². The third-order valence-corrected chi connectivity index (χ3v) is 4.68. The van der Waals surface area contributed by atoms with Crippen LogP contribution >= 0.6 is 24.0 Å². The number of rotatable bonds is 6. The Morgan fingerprint density at radius 1 is 1.38 bits per heavy atom. The van der Waals surface area contributed by atoms with Gasteiger partial charge in [0, 0.05) is 12.6 Å². The molecule has 1 saturated heterocycles. The van der Waals surface area contributed by atoms with E-state index in [0.717, 1.165) is 38.4 Å². The average Bonchev–Trinajstić information content (AvgIpc) is 2.75. The third kappa shape index (κ3) is 7.07. The zero-order valence-corrected chi connectivity index (χ0v) is 16.2. The number of hydrogen-bond donors (Lipinski definition) is 2. The molecule has 9 heteroatoms. The van der Waals surface area contributed by atoms with Crippen LogP contribution in [0.4, 0.5) is 10.1 Å². The fraction of sp³-hybridized carbons (Fsp3) is 0.529. The van der Waals surface area contributed by atoms with Crippen LogP contribution in [0, 0.1) is 5.82 Å². The fourth-order valence-corrected chi connectivity index (χ4v) is 3.28. The van der Waals surface area contributed by atoms with Crippen molar-refractivity contribution >= 4 is 41.6 Å². The van der Waals surface area contributed by atoms with Gasteiger partial charge in [0.1, 0.15) is 5.82 Å². The third-order valence-electron chi connectivity index (χ3n) is 4.37. The van der Waals surface area contributed by atoms with Gasteiger partial charge in [0.25, 0.3) is 0 Å². The Kier molecular flexibility index (Phi) is 9.29. The maximum absolute atomic E-state index is 13.0. The molecule has 0 spiro atoms. The molecule has 1 atom stereocenters. The topological polar surface area (TPSA) is 72.9 Å². The molecular formula is C17H24Cl2FN3O3. The van der Waals surface area contributed by atoms with E-state index in [-0.39, 0.29) is 42.5 Å². The summed E-state index contributed by atoms with van der Waals surface area (Å²) in [4.78, 5) is 26.9. The Morgan fingerprint density at radius 3 is 2.77 bits per heavy atom. The smallest absolute Gasteiger partial charge is 0.317 e. The summed E-state index contributed by atoms with van der Waals surface area (Å²) in [5.41, 5.74) is 0.391. The number of carboxylic acids is 1. The number of hydrogen-bond acceptors (Lipinski definition) is 4. The second-order valence-corrected chi connectivity index (χ2v) is 6.75. The van der Waals surface area contributed by atoms with Gasteiger partial charge in [0.05, 0.1) is 23.8 Å². The summed E-state index contributed by atoms with van der Waals surface area (Å²) in [7, 11) is 1.82. The minimum atomic E-state index is -0.834. The molecule has 0 aliphatic carbocycles. The van der Waals surface area contributed by atoms with Crippen molar-refractivity contribution in [3.05, 3.63) is 29.0 Å². The molecule has 0 bridgehead atoms. The Labute approximate surface area is 163 Å². The van der Waals surface area contributed by atoms with E-state index in [4.69, 9.17) is 16.7 Å². The van der Waals surface area contributed by atoms with Crippen molar-refractivity contribution < 1.29 is 19.1 Å². The molecule has 1 aromatic carbocycles. The first-order valence-electron chi connectivity index (χ1n) is 8.24. The van der Waals surface area contributed by atoms with Crippen LogP contribution < -0.4 is 5.32 Å². The quantitative estimate of drug-likeness (QED) is 0.758. The molecule has 1 aliphatic rings. The van der Waals surface area contributed by atoms with Gasteiger partial charge in [-0.1, -0.05) is 11.6 Å². The van der Waals surface area contributed by atoms with Crippen molar-refractivity contribution in [2.75, 3.05) is 38.5 Å². The number of nitrogens with one attached hydrogen (secondary N) is 1. The van der Waals surface area contributed by atoms with Crippen LogP contribution in [0.5, 0.6) is 0 Å². The molecule has 6 nitrogen and oxygen atoms in total. The predicted octanol–water partition coefficient (Wildman–Crippen LogP) is 2.71. The SMILES string of the molecule is CN(CC(=O)O)C1CCCN(CC(=O)Nc2ccc(F)cc2Cl)CC1.Cl. The second-order valence-electron chi connectivity index (χ2n) is 6.34. The van der Waals surface area contributed by atoms with Gasteiger partial charge < -0.3 is 10.4 Å². The van der Waals surface area contributed by atoms with E-state index in [1.54, 1.807) is 0 Å². The first-order chi connectivity index (χ1) is 11.8. The number of anilines is 1. The number of carboxylic acid groups (broad SMARTS) is 1. The van der Waals surface area contributed by atoms with Crippen LogP contribution in [-0.2, 0) is 9.59 Å². The number of halogens is 3. The van der Waals surface area contributed by atoms with Gasteiger partial charge in [-0.15, -0.1) is 12.4 Å². The highest BCUT2D eigenvalue weighted by Crippen LogP contribution is 2.22. The Bertz CT molecular complexity index is 633. The van der Waals surface area contributed by atoms with Gasteiger partial charge in [-0.2, -0.15) is 0 Å². The molecule has 26 heavy (non-hydrogen) atoms. The van der Waals surface area contributed by atoms with Crippen LogP contribution in [-0.4, -0.2) is 66.1 Å². The Hall–Kier alpha value is -1.41. The van der Waals surface area contributed by atoms with Crippen molar-refractivity contribution in [3.63, 3.8) is 0 Å². The molecule has 1 aliphatic heterocycles. The summed E-state index contributed by atoms with van der Waals surface area (Å²) in [5.74, 6) is -1.49. The van der Waals surface area contributed by atoms with Crippen LogP contribution in [0.1, 0.15) is 19.3 Å². The van der Waals surface area contributed by atoms with E-state index in [0.29, 0.717) is 5.69 Å². The minimum Gasteiger partial charge on any atom is -0.480 e. The summed E-state index contributed by atoms with van der Waals surface area (Å²) in [5, 5.41) is 11.8. The second kappa shape index (κ2) is 10.7. The van der Waals surface area contributed by atoms with Crippen LogP contribution in [0.25, 0.3) is 0 Å². The lowest BCUT2D eigenvalue weighted by Gasteiger charge is -2.25. The Balaban J connectivity index is 0.00000338. The molecule has 0 saturated carbocycles. The average molecular weight is 408 g/mol. The number of amides is 1. The number of carbonyl (C=O) groups is 2. The zero-order chi connectivity index (χ0) is 18.4. The van der Waals surface area contributed by atoms with Crippen LogP contribution in [0.3, 0.4) is 0 Å². The lowest BCUT2D eigenvalue weighted by atomic mass is 10.1. The molecule has 1 aromatic rings. The largest absolute Gasteiger partial charge is 0.480 e. The number of likely N-dealkylation sites (N-methyl/N-ethyl adjacent to an activating group) is 1. The van der Waals surface area contributed by atoms with Crippen LogP contribution in [0.2, 0.25) is 5.02 Å². The Morgan fingerprint density at radius 2 is 2.12 bits per heavy atom. The zero-order valence-electron chi connectivity index (χ0n) is 14.6. The summed E-state index contributed by atoms with van der Waals surface area (Å²) in [6.07, 6.45) is 2.62. The lowest BCUT2D eigenvalue weighted by molar-refractivity contribution is -0.138. The van der Waals surface area contributed by atoms with E-state index >= 15 is 0 Å². The highest BCUT2D eigenvalue weighted by atomic mass is 35.5. The molecule has 2 N–H and O–H groups in total. The van der Waals surface area contributed by atoms with Crippen molar-refractivity contribution in [1.29, 1.82) is 0 Å². The van der Waals surface area contributed by atoms with Gasteiger partial charge in [0.15, 0.2) is 0 Å². The summed E-state index contributed by atoms with van der Waals surface area (Å²) in [6.45, 7) is 1.75. The van der Waals surface area contributed by atoms with Gasteiger partial charge in [-0.3, -0.25) is 19.4 Å². The maximum Gasteiger partial charge on any atom is 0.317 e. The van der Waals surface area contributed by atoms with E-state index in [9.17, 15) is 14.0 Å². The molecule has 0 aromatic heterocycles.